The molecule has 4 heterocycles. The summed E-state index contributed by atoms with van der Waals surface area (Å²) >= 11 is 12.7. The van der Waals surface area contributed by atoms with Crippen LogP contribution in [0.25, 0.3) is 27.8 Å². The number of aromatic nitrogens is 7. The molecule has 0 spiro atoms. The number of anilines is 1. The highest BCUT2D eigenvalue weighted by molar-refractivity contribution is 6.39. The third-order valence-electron chi connectivity index (χ3n) is 5.10. The molecule has 5 aromatic rings. The van der Waals surface area contributed by atoms with Gasteiger partial charge in [0.15, 0.2) is 5.82 Å². The number of hydrogen-bond donors (Lipinski definition) is 2. The lowest BCUT2D eigenvalue weighted by Crippen LogP contribution is -2.29. The van der Waals surface area contributed by atoms with E-state index in [0.717, 1.165) is 0 Å². The van der Waals surface area contributed by atoms with Crippen LogP contribution in [0.1, 0.15) is 25.2 Å². The molecule has 0 bridgehead atoms. The molecule has 0 aliphatic heterocycles. The van der Waals surface area contributed by atoms with Crippen molar-refractivity contribution in [2.75, 3.05) is 5.32 Å². The van der Waals surface area contributed by atoms with E-state index in [4.69, 9.17) is 28.2 Å². The minimum absolute atomic E-state index is 0.238. The Labute approximate surface area is 191 Å². The first-order valence-corrected chi connectivity index (χ1v) is 10.6. The molecule has 1 unspecified atom stereocenters. The SMILES string of the molecule is CCC(Nc1ncnc2cccnc12)c1nc2c(Cl)ccc(Cl)c2c(=O)n1-c1ccn[nH]1. The molecule has 0 aliphatic rings. The summed E-state index contributed by atoms with van der Waals surface area (Å²) in [5.74, 6) is 1.42. The van der Waals surface area contributed by atoms with Crippen molar-refractivity contribution < 1.29 is 0 Å². The molecule has 0 radical (unpaired) electrons. The van der Waals surface area contributed by atoms with Gasteiger partial charge in [0.2, 0.25) is 0 Å². The standard InChI is InChI=1S/C21H16Cl2N8O/c1-2-13(28-19-18-14(25-10-26-19)4-3-8-24-18)20-29-17-12(23)6-5-11(22)16(17)21(32)31(20)15-7-9-27-30-15/h3-10,13H,2H2,1H3,(H,27,30)(H,25,26,28). The lowest BCUT2D eigenvalue weighted by molar-refractivity contribution is 0.653. The molecular formula is C21H16Cl2N8O. The average molecular weight is 467 g/mol. The van der Waals surface area contributed by atoms with Crippen LogP contribution in [0, 0.1) is 0 Å². The molecule has 160 valence electrons. The van der Waals surface area contributed by atoms with Gasteiger partial charge in [-0.1, -0.05) is 30.1 Å². The van der Waals surface area contributed by atoms with Gasteiger partial charge in [0.05, 0.1) is 38.7 Å². The predicted octanol–water partition coefficient (Wildman–Crippen LogP) is 4.32. The molecule has 0 fully saturated rings. The highest BCUT2D eigenvalue weighted by atomic mass is 35.5. The number of nitrogens with one attached hydrogen (secondary N) is 2. The fourth-order valence-corrected chi connectivity index (χ4v) is 4.02. The third kappa shape index (κ3) is 3.35. The van der Waals surface area contributed by atoms with Crippen LogP contribution in [0.5, 0.6) is 0 Å². The van der Waals surface area contributed by atoms with Gasteiger partial charge in [-0.3, -0.25) is 14.9 Å². The summed E-state index contributed by atoms with van der Waals surface area (Å²) in [5.41, 5.74) is 1.30. The number of H-pyrrole nitrogens is 1. The van der Waals surface area contributed by atoms with Crippen molar-refractivity contribution in [3.63, 3.8) is 0 Å². The van der Waals surface area contributed by atoms with Gasteiger partial charge in [-0.2, -0.15) is 5.10 Å². The van der Waals surface area contributed by atoms with Gasteiger partial charge in [-0.15, -0.1) is 0 Å². The molecule has 1 atom stereocenters. The van der Waals surface area contributed by atoms with Gasteiger partial charge in [0.1, 0.15) is 23.5 Å². The van der Waals surface area contributed by atoms with E-state index in [2.05, 4.69) is 30.5 Å². The molecule has 0 saturated carbocycles. The monoisotopic (exact) mass is 466 g/mol. The number of benzene rings is 1. The number of halogens is 2. The molecule has 32 heavy (non-hydrogen) atoms. The maximum absolute atomic E-state index is 13.6. The predicted molar refractivity (Wildman–Crippen MR) is 123 cm³/mol. The Balaban J connectivity index is 1.75. The van der Waals surface area contributed by atoms with Crippen LogP contribution >= 0.6 is 23.2 Å². The minimum atomic E-state index is -0.412. The molecule has 9 nitrogen and oxygen atoms in total. The van der Waals surface area contributed by atoms with Crippen LogP contribution in [-0.4, -0.2) is 34.7 Å². The third-order valence-corrected chi connectivity index (χ3v) is 5.72. The fourth-order valence-electron chi connectivity index (χ4n) is 3.59. The first-order chi connectivity index (χ1) is 15.6. The number of rotatable bonds is 5. The van der Waals surface area contributed by atoms with E-state index in [9.17, 15) is 4.79 Å². The first-order valence-electron chi connectivity index (χ1n) is 9.81. The van der Waals surface area contributed by atoms with Crippen LogP contribution in [0.2, 0.25) is 10.0 Å². The summed E-state index contributed by atoms with van der Waals surface area (Å²) in [4.78, 5) is 31.4. The zero-order valence-corrected chi connectivity index (χ0v) is 18.3. The van der Waals surface area contributed by atoms with Crippen LogP contribution in [-0.2, 0) is 0 Å². The molecule has 0 aliphatic carbocycles. The maximum atomic E-state index is 13.6. The normalized spacial score (nSPS) is 12.3. The number of aromatic amines is 1. The van der Waals surface area contributed by atoms with E-state index in [1.54, 1.807) is 30.6 Å². The number of hydrogen-bond acceptors (Lipinski definition) is 7. The largest absolute Gasteiger partial charge is 0.358 e. The highest BCUT2D eigenvalue weighted by Gasteiger charge is 2.24. The minimum Gasteiger partial charge on any atom is -0.358 e. The van der Waals surface area contributed by atoms with Crippen LogP contribution in [0.4, 0.5) is 5.82 Å². The van der Waals surface area contributed by atoms with Gasteiger partial charge in [-0.25, -0.2) is 19.5 Å². The lowest BCUT2D eigenvalue weighted by atomic mass is 10.1. The zero-order valence-electron chi connectivity index (χ0n) is 16.8. The molecular weight excluding hydrogens is 451 g/mol. The van der Waals surface area contributed by atoms with E-state index in [-0.39, 0.29) is 16.0 Å². The summed E-state index contributed by atoms with van der Waals surface area (Å²) in [7, 11) is 0. The summed E-state index contributed by atoms with van der Waals surface area (Å²) < 4.78 is 1.45. The average Bonchev–Trinajstić information content (AvgIpc) is 3.34. The summed E-state index contributed by atoms with van der Waals surface area (Å²) in [6.07, 6.45) is 5.29. The second-order valence-electron chi connectivity index (χ2n) is 7.00. The second-order valence-corrected chi connectivity index (χ2v) is 7.82. The van der Waals surface area contributed by atoms with E-state index >= 15 is 0 Å². The Hall–Kier alpha value is -3.56. The van der Waals surface area contributed by atoms with Crippen molar-refractivity contribution in [1.29, 1.82) is 0 Å². The van der Waals surface area contributed by atoms with Gasteiger partial charge in [-0.05, 0) is 30.7 Å². The first kappa shape index (κ1) is 20.3. The van der Waals surface area contributed by atoms with Crippen LogP contribution in [0.15, 0.2) is 53.8 Å². The summed E-state index contributed by atoms with van der Waals surface area (Å²) in [6.45, 7) is 1.97. The Morgan fingerprint density at radius 2 is 1.91 bits per heavy atom. The zero-order chi connectivity index (χ0) is 22.2. The number of pyridine rings is 1. The topological polar surface area (TPSA) is 114 Å². The summed E-state index contributed by atoms with van der Waals surface area (Å²) in [5, 5.41) is 11.0. The van der Waals surface area contributed by atoms with Gasteiger partial charge >= 0.3 is 0 Å². The van der Waals surface area contributed by atoms with E-state index in [1.807, 2.05) is 19.1 Å². The van der Waals surface area contributed by atoms with Crippen LogP contribution < -0.4 is 10.9 Å². The molecule has 1 aromatic carbocycles. The highest BCUT2D eigenvalue weighted by Crippen LogP contribution is 2.30. The number of fused-ring (bicyclic) bond motifs is 2. The van der Waals surface area contributed by atoms with E-state index < -0.39 is 6.04 Å². The molecule has 2 N–H and O–H groups in total. The Bertz CT molecular complexity index is 1490. The smallest absolute Gasteiger partial charge is 0.268 e. The van der Waals surface area contributed by atoms with E-state index in [0.29, 0.717) is 45.5 Å². The van der Waals surface area contributed by atoms with Crippen molar-refractivity contribution in [2.45, 2.75) is 19.4 Å². The quantitative estimate of drug-likeness (QED) is 0.396. The molecule has 4 aromatic heterocycles. The number of nitrogens with zero attached hydrogens (tertiary/aromatic N) is 6. The Morgan fingerprint density at radius 1 is 1.06 bits per heavy atom. The molecule has 5 rings (SSSR count). The van der Waals surface area contributed by atoms with Crippen molar-refractivity contribution >= 4 is 51.0 Å². The second kappa shape index (κ2) is 8.18. The summed E-state index contributed by atoms with van der Waals surface area (Å²) in [6, 6.07) is 8.14. The van der Waals surface area contributed by atoms with Gasteiger partial charge < -0.3 is 5.32 Å². The molecule has 0 saturated heterocycles. The lowest BCUT2D eigenvalue weighted by Gasteiger charge is -2.22. The maximum Gasteiger partial charge on any atom is 0.268 e. The van der Waals surface area contributed by atoms with Crippen molar-refractivity contribution in [2.24, 2.45) is 0 Å². The van der Waals surface area contributed by atoms with E-state index in [1.165, 1.54) is 10.9 Å². The molecule has 0 amide bonds. The van der Waals surface area contributed by atoms with Gasteiger partial charge in [0.25, 0.3) is 5.56 Å². The van der Waals surface area contributed by atoms with Crippen LogP contribution in [0.3, 0.4) is 0 Å². The van der Waals surface area contributed by atoms with Crippen molar-refractivity contribution in [1.82, 2.24) is 34.7 Å². The molecule has 11 heteroatoms. The Kier molecular flexibility index (Phi) is 5.20. The Morgan fingerprint density at radius 3 is 2.69 bits per heavy atom. The fraction of sp³-hybridized carbons (Fsp3) is 0.143. The van der Waals surface area contributed by atoms with Crippen molar-refractivity contribution in [3.05, 3.63) is 75.3 Å². The van der Waals surface area contributed by atoms with Crippen molar-refractivity contribution in [3.8, 4) is 5.82 Å². The van der Waals surface area contributed by atoms with Gasteiger partial charge in [0, 0.05) is 12.3 Å².